The molecule has 3 rings (SSSR count). The number of hydrogen-bond donors (Lipinski definition) is 2. The molecule has 1 aliphatic carbocycles. The molecule has 3 nitrogen and oxygen atoms in total. The van der Waals surface area contributed by atoms with Gasteiger partial charge in [-0.25, -0.2) is 0 Å². The van der Waals surface area contributed by atoms with E-state index in [1.54, 1.807) is 0 Å². The zero-order valence-corrected chi connectivity index (χ0v) is 11.6. The molecule has 0 bridgehead atoms. The molecular weight excluding hydrogens is 236 g/mol. The number of ether oxygens (including phenoxy) is 1. The first-order valence-electron chi connectivity index (χ1n) is 7.48. The monoisotopic (exact) mass is 260 g/mol. The van der Waals surface area contributed by atoms with Crippen LogP contribution in [0.4, 0.5) is 0 Å². The van der Waals surface area contributed by atoms with Gasteiger partial charge in [-0.3, -0.25) is 0 Å². The van der Waals surface area contributed by atoms with Gasteiger partial charge in [0.1, 0.15) is 0 Å². The molecule has 0 spiro atoms. The van der Waals surface area contributed by atoms with Gasteiger partial charge in [-0.2, -0.15) is 0 Å². The molecule has 0 radical (unpaired) electrons. The summed E-state index contributed by atoms with van der Waals surface area (Å²) in [4.78, 5) is 0. The Balaban J connectivity index is 1.44. The molecular formula is C16H24N2O. The highest BCUT2D eigenvalue weighted by molar-refractivity contribution is 5.27. The van der Waals surface area contributed by atoms with E-state index in [0.29, 0.717) is 18.0 Å². The quantitative estimate of drug-likeness (QED) is 0.817. The van der Waals surface area contributed by atoms with E-state index in [2.05, 4.69) is 47.9 Å². The van der Waals surface area contributed by atoms with Gasteiger partial charge < -0.3 is 15.4 Å². The van der Waals surface area contributed by atoms with Crippen LogP contribution in [0.3, 0.4) is 0 Å². The van der Waals surface area contributed by atoms with Gasteiger partial charge in [0.25, 0.3) is 0 Å². The average Bonchev–Trinajstić information content (AvgIpc) is 3.10. The molecule has 2 N–H and O–H groups in total. The molecule has 2 aliphatic rings. The van der Waals surface area contributed by atoms with Crippen molar-refractivity contribution in [1.29, 1.82) is 0 Å². The highest BCUT2D eigenvalue weighted by Crippen LogP contribution is 2.40. The van der Waals surface area contributed by atoms with E-state index >= 15 is 0 Å². The summed E-state index contributed by atoms with van der Waals surface area (Å²) in [5, 5.41) is 7.23. The normalized spacial score (nSPS) is 33.5. The van der Waals surface area contributed by atoms with Crippen molar-refractivity contribution >= 4 is 0 Å². The van der Waals surface area contributed by atoms with Crippen molar-refractivity contribution < 1.29 is 4.74 Å². The number of rotatable bonds is 6. The molecule has 4 atom stereocenters. The molecule has 0 amide bonds. The number of nitrogens with one attached hydrogen (secondary N) is 2. The number of likely N-dealkylation sites (N-methyl/N-ethyl adjacent to an activating group) is 1. The second kappa shape index (κ2) is 6.04. The Morgan fingerprint density at radius 2 is 1.95 bits per heavy atom. The van der Waals surface area contributed by atoms with Crippen molar-refractivity contribution in [3.63, 3.8) is 0 Å². The van der Waals surface area contributed by atoms with E-state index in [9.17, 15) is 0 Å². The van der Waals surface area contributed by atoms with Gasteiger partial charge in [0.05, 0.1) is 13.2 Å². The molecule has 1 aliphatic heterocycles. The molecule has 19 heavy (non-hydrogen) atoms. The Kier molecular flexibility index (Phi) is 4.16. The molecule has 1 aromatic rings. The first-order chi connectivity index (χ1) is 9.38. The van der Waals surface area contributed by atoms with Gasteiger partial charge in [0, 0.05) is 30.5 Å². The topological polar surface area (TPSA) is 33.3 Å². The standard InChI is InChI=1S/C16H24N2O/c1-2-17-16-11-19-10-13(16)9-18-15-8-14(15)12-6-4-3-5-7-12/h3-7,13-18H,2,8-11H2,1H3. The van der Waals surface area contributed by atoms with Gasteiger partial charge in [0.15, 0.2) is 0 Å². The fourth-order valence-electron chi connectivity index (χ4n) is 3.08. The maximum Gasteiger partial charge on any atom is 0.0623 e. The highest BCUT2D eigenvalue weighted by atomic mass is 16.5. The van der Waals surface area contributed by atoms with Crippen molar-refractivity contribution in [3.05, 3.63) is 35.9 Å². The minimum absolute atomic E-state index is 0.534. The summed E-state index contributed by atoms with van der Waals surface area (Å²) in [6.07, 6.45) is 1.28. The fourth-order valence-corrected chi connectivity index (χ4v) is 3.08. The first kappa shape index (κ1) is 13.1. The van der Waals surface area contributed by atoms with Crippen LogP contribution in [0.2, 0.25) is 0 Å². The van der Waals surface area contributed by atoms with Crippen LogP contribution in [0.25, 0.3) is 0 Å². The molecule has 2 fully saturated rings. The molecule has 4 unspecified atom stereocenters. The summed E-state index contributed by atoms with van der Waals surface area (Å²) in [5.74, 6) is 1.35. The lowest BCUT2D eigenvalue weighted by Crippen LogP contribution is -2.40. The Morgan fingerprint density at radius 1 is 1.11 bits per heavy atom. The SMILES string of the molecule is CCNC1COCC1CNC1CC1c1ccccc1. The zero-order chi connectivity index (χ0) is 13.1. The molecule has 3 heteroatoms. The minimum atomic E-state index is 0.534. The second-order valence-electron chi connectivity index (χ2n) is 5.73. The van der Waals surface area contributed by atoms with E-state index < -0.39 is 0 Å². The second-order valence-corrected chi connectivity index (χ2v) is 5.73. The maximum absolute atomic E-state index is 5.58. The zero-order valence-electron chi connectivity index (χ0n) is 11.6. The van der Waals surface area contributed by atoms with E-state index in [0.717, 1.165) is 32.2 Å². The molecule has 1 aromatic carbocycles. The molecule has 104 valence electrons. The van der Waals surface area contributed by atoms with Crippen LogP contribution in [0.15, 0.2) is 30.3 Å². The highest BCUT2D eigenvalue weighted by Gasteiger charge is 2.39. The van der Waals surface area contributed by atoms with Crippen molar-refractivity contribution in [1.82, 2.24) is 10.6 Å². The van der Waals surface area contributed by atoms with Crippen LogP contribution in [-0.4, -0.2) is 38.4 Å². The van der Waals surface area contributed by atoms with Crippen molar-refractivity contribution in [2.24, 2.45) is 5.92 Å². The predicted molar refractivity (Wildman–Crippen MR) is 77.4 cm³/mol. The van der Waals surface area contributed by atoms with Gasteiger partial charge in [-0.15, -0.1) is 0 Å². The molecule has 1 saturated heterocycles. The van der Waals surface area contributed by atoms with E-state index in [1.807, 2.05) is 0 Å². The third-order valence-electron chi connectivity index (χ3n) is 4.33. The van der Waals surface area contributed by atoms with Crippen LogP contribution in [0.5, 0.6) is 0 Å². The van der Waals surface area contributed by atoms with E-state index in [4.69, 9.17) is 4.74 Å². The van der Waals surface area contributed by atoms with Gasteiger partial charge >= 0.3 is 0 Å². The van der Waals surface area contributed by atoms with Crippen LogP contribution >= 0.6 is 0 Å². The summed E-state index contributed by atoms with van der Waals surface area (Å²) in [5.41, 5.74) is 1.48. The molecule has 1 saturated carbocycles. The third-order valence-corrected chi connectivity index (χ3v) is 4.33. The predicted octanol–water partition coefficient (Wildman–Crippen LogP) is 1.76. The van der Waals surface area contributed by atoms with Crippen molar-refractivity contribution in [3.8, 4) is 0 Å². The lowest BCUT2D eigenvalue weighted by atomic mass is 10.0. The Labute approximate surface area is 115 Å². The van der Waals surface area contributed by atoms with Gasteiger partial charge in [0.2, 0.25) is 0 Å². The largest absolute Gasteiger partial charge is 0.379 e. The minimum Gasteiger partial charge on any atom is -0.379 e. The summed E-state index contributed by atoms with van der Waals surface area (Å²) in [6.45, 7) is 6.03. The van der Waals surface area contributed by atoms with E-state index in [1.165, 1.54) is 12.0 Å². The summed E-state index contributed by atoms with van der Waals surface area (Å²) >= 11 is 0. The van der Waals surface area contributed by atoms with Crippen molar-refractivity contribution in [2.45, 2.75) is 31.3 Å². The van der Waals surface area contributed by atoms with Gasteiger partial charge in [-0.1, -0.05) is 37.3 Å². The fraction of sp³-hybridized carbons (Fsp3) is 0.625. The maximum atomic E-state index is 5.58. The summed E-state index contributed by atoms with van der Waals surface area (Å²) < 4.78 is 5.58. The smallest absolute Gasteiger partial charge is 0.0623 e. The Bertz CT molecular complexity index is 395. The summed E-state index contributed by atoms with van der Waals surface area (Å²) in [6, 6.07) is 12.1. The molecule has 1 heterocycles. The number of hydrogen-bond acceptors (Lipinski definition) is 3. The summed E-state index contributed by atoms with van der Waals surface area (Å²) in [7, 11) is 0. The van der Waals surface area contributed by atoms with E-state index in [-0.39, 0.29) is 0 Å². The lowest BCUT2D eigenvalue weighted by molar-refractivity contribution is 0.182. The third kappa shape index (κ3) is 3.16. The van der Waals surface area contributed by atoms with Crippen LogP contribution in [-0.2, 0) is 4.74 Å². The average molecular weight is 260 g/mol. The first-order valence-corrected chi connectivity index (χ1v) is 7.48. The van der Waals surface area contributed by atoms with Crippen LogP contribution < -0.4 is 10.6 Å². The van der Waals surface area contributed by atoms with Crippen LogP contribution in [0.1, 0.15) is 24.8 Å². The Hall–Kier alpha value is -0.900. The number of benzene rings is 1. The van der Waals surface area contributed by atoms with Gasteiger partial charge in [-0.05, 0) is 18.5 Å². The van der Waals surface area contributed by atoms with Crippen molar-refractivity contribution in [2.75, 3.05) is 26.3 Å². The molecule has 0 aromatic heterocycles. The van der Waals surface area contributed by atoms with Crippen LogP contribution in [0, 0.1) is 5.92 Å². The lowest BCUT2D eigenvalue weighted by Gasteiger charge is -2.18. The Morgan fingerprint density at radius 3 is 2.74 bits per heavy atom.